The second kappa shape index (κ2) is 3.74. The Kier molecular flexibility index (Phi) is 2.62. The van der Waals surface area contributed by atoms with Crippen molar-refractivity contribution in [3.8, 4) is 10.6 Å². The standard InChI is InChI=1S/C8H4BrClN2S/c9-6-7(10)12-8(13-6)5-2-1-3-11-4-5/h1-4H. The fourth-order valence-electron chi connectivity index (χ4n) is 0.896. The Balaban J connectivity index is 2.48. The molecule has 0 radical (unpaired) electrons. The second-order valence-electron chi connectivity index (χ2n) is 2.33. The van der Waals surface area contributed by atoms with Gasteiger partial charge in [0, 0.05) is 18.0 Å². The first-order valence-corrected chi connectivity index (χ1v) is 5.48. The number of pyridine rings is 1. The van der Waals surface area contributed by atoms with Gasteiger partial charge in [-0.05, 0) is 28.1 Å². The average Bonchev–Trinajstić information content (AvgIpc) is 2.49. The van der Waals surface area contributed by atoms with Gasteiger partial charge < -0.3 is 0 Å². The van der Waals surface area contributed by atoms with E-state index in [1.807, 2.05) is 12.1 Å². The SMILES string of the molecule is Clc1nc(-c2cccnc2)sc1Br. The van der Waals surface area contributed by atoms with Crippen LogP contribution in [-0.4, -0.2) is 9.97 Å². The summed E-state index contributed by atoms with van der Waals surface area (Å²) in [5.74, 6) is 0. The van der Waals surface area contributed by atoms with Crippen LogP contribution in [0.3, 0.4) is 0 Å². The molecule has 0 saturated carbocycles. The summed E-state index contributed by atoms with van der Waals surface area (Å²) in [4.78, 5) is 8.19. The highest BCUT2D eigenvalue weighted by Crippen LogP contribution is 2.34. The van der Waals surface area contributed by atoms with Crippen molar-refractivity contribution in [1.29, 1.82) is 0 Å². The van der Waals surface area contributed by atoms with Crippen LogP contribution in [0.2, 0.25) is 5.15 Å². The summed E-state index contributed by atoms with van der Waals surface area (Å²) >= 11 is 10.6. The second-order valence-corrected chi connectivity index (χ2v) is 5.00. The lowest BCUT2D eigenvalue weighted by Gasteiger charge is -1.91. The lowest BCUT2D eigenvalue weighted by molar-refractivity contribution is 1.31. The summed E-state index contributed by atoms with van der Waals surface area (Å²) in [6, 6.07) is 3.83. The topological polar surface area (TPSA) is 25.8 Å². The van der Waals surface area contributed by atoms with E-state index in [4.69, 9.17) is 11.6 Å². The molecule has 2 rings (SSSR count). The van der Waals surface area contributed by atoms with Crippen molar-refractivity contribution in [1.82, 2.24) is 9.97 Å². The number of hydrogen-bond donors (Lipinski definition) is 0. The van der Waals surface area contributed by atoms with Gasteiger partial charge in [-0.25, -0.2) is 4.98 Å². The molecule has 0 aliphatic rings. The third kappa shape index (κ3) is 1.90. The summed E-state index contributed by atoms with van der Waals surface area (Å²) in [5, 5.41) is 1.38. The van der Waals surface area contributed by atoms with E-state index in [-0.39, 0.29) is 0 Å². The number of aromatic nitrogens is 2. The Bertz CT molecular complexity index is 396. The van der Waals surface area contributed by atoms with Gasteiger partial charge in [0.1, 0.15) is 8.79 Å². The highest BCUT2D eigenvalue weighted by atomic mass is 79.9. The van der Waals surface area contributed by atoms with Crippen LogP contribution < -0.4 is 0 Å². The van der Waals surface area contributed by atoms with Crippen molar-refractivity contribution < 1.29 is 0 Å². The zero-order chi connectivity index (χ0) is 9.26. The highest BCUT2D eigenvalue weighted by molar-refractivity contribution is 9.11. The summed E-state index contributed by atoms with van der Waals surface area (Å²) in [6.45, 7) is 0. The first-order chi connectivity index (χ1) is 6.27. The fraction of sp³-hybridized carbons (Fsp3) is 0. The Morgan fingerprint density at radius 1 is 1.46 bits per heavy atom. The van der Waals surface area contributed by atoms with E-state index >= 15 is 0 Å². The van der Waals surface area contributed by atoms with Gasteiger partial charge in [-0.2, -0.15) is 0 Å². The average molecular weight is 276 g/mol. The molecular weight excluding hydrogens is 272 g/mol. The first-order valence-electron chi connectivity index (χ1n) is 3.49. The first kappa shape index (κ1) is 9.12. The Morgan fingerprint density at radius 3 is 2.85 bits per heavy atom. The van der Waals surface area contributed by atoms with Gasteiger partial charge in [0.05, 0.1) is 0 Å². The van der Waals surface area contributed by atoms with Crippen molar-refractivity contribution in [2.75, 3.05) is 0 Å². The zero-order valence-electron chi connectivity index (χ0n) is 6.37. The normalized spacial score (nSPS) is 10.3. The molecule has 2 aromatic heterocycles. The minimum atomic E-state index is 0.504. The van der Waals surface area contributed by atoms with Crippen LogP contribution >= 0.6 is 38.9 Å². The smallest absolute Gasteiger partial charge is 0.155 e. The van der Waals surface area contributed by atoms with E-state index in [0.717, 1.165) is 14.4 Å². The third-order valence-electron chi connectivity index (χ3n) is 1.46. The van der Waals surface area contributed by atoms with E-state index in [1.165, 1.54) is 11.3 Å². The van der Waals surface area contributed by atoms with Crippen LogP contribution in [0.15, 0.2) is 28.3 Å². The molecule has 13 heavy (non-hydrogen) atoms. The van der Waals surface area contributed by atoms with Gasteiger partial charge in [0.25, 0.3) is 0 Å². The molecule has 2 nitrogen and oxygen atoms in total. The van der Waals surface area contributed by atoms with Gasteiger partial charge in [-0.3, -0.25) is 4.98 Å². The van der Waals surface area contributed by atoms with Crippen molar-refractivity contribution in [2.45, 2.75) is 0 Å². The maximum absolute atomic E-state index is 5.81. The van der Waals surface area contributed by atoms with Gasteiger partial charge >= 0.3 is 0 Å². The van der Waals surface area contributed by atoms with Crippen molar-refractivity contribution in [3.63, 3.8) is 0 Å². The fourth-order valence-corrected chi connectivity index (χ4v) is 2.37. The molecule has 0 aliphatic heterocycles. The lowest BCUT2D eigenvalue weighted by atomic mass is 10.3. The minimum absolute atomic E-state index is 0.504. The van der Waals surface area contributed by atoms with Crippen molar-refractivity contribution in [3.05, 3.63) is 33.5 Å². The molecule has 0 N–H and O–H groups in total. The largest absolute Gasteiger partial charge is 0.264 e. The van der Waals surface area contributed by atoms with Crippen LogP contribution in [0.5, 0.6) is 0 Å². The Morgan fingerprint density at radius 2 is 2.31 bits per heavy atom. The molecule has 0 saturated heterocycles. The van der Waals surface area contributed by atoms with E-state index in [2.05, 4.69) is 25.9 Å². The number of nitrogens with zero attached hydrogens (tertiary/aromatic N) is 2. The monoisotopic (exact) mass is 274 g/mol. The van der Waals surface area contributed by atoms with Crippen LogP contribution in [0.25, 0.3) is 10.6 Å². The molecule has 2 aromatic rings. The van der Waals surface area contributed by atoms with Crippen LogP contribution in [0.4, 0.5) is 0 Å². The lowest BCUT2D eigenvalue weighted by Crippen LogP contribution is -1.76. The minimum Gasteiger partial charge on any atom is -0.264 e. The Hall–Kier alpha value is -0.450. The molecule has 0 atom stereocenters. The van der Waals surface area contributed by atoms with Gasteiger partial charge in [0.2, 0.25) is 0 Å². The number of hydrogen-bond acceptors (Lipinski definition) is 3. The van der Waals surface area contributed by atoms with Crippen LogP contribution in [-0.2, 0) is 0 Å². The molecule has 0 unspecified atom stereocenters. The van der Waals surface area contributed by atoms with E-state index in [0.29, 0.717) is 5.15 Å². The van der Waals surface area contributed by atoms with Crippen molar-refractivity contribution >= 4 is 38.9 Å². The number of halogens is 2. The molecular formula is C8H4BrClN2S. The van der Waals surface area contributed by atoms with Gasteiger partial charge in [0.15, 0.2) is 5.15 Å². The predicted octanol–water partition coefficient (Wildman–Crippen LogP) is 3.62. The number of thiazole rings is 1. The van der Waals surface area contributed by atoms with E-state index < -0.39 is 0 Å². The molecule has 0 aromatic carbocycles. The quantitative estimate of drug-likeness (QED) is 0.794. The highest BCUT2D eigenvalue weighted by Gasteiger charge is 2.07. The summed E-state index contributed by atoms with van der Waals surface area (Å²) < 4.78 is 0.855. The molecule has 0 amide bonds. The Labute approximate surface area is 92.7 Å². The van der Waals surface area contributed by atoms with E-state index in [9.17, 15) is 0 Å². The third-order valence-corrected chi connectivity index (χ3v) is 3.82. The molecule has 5 heteroatoms. The summed E-state index contributed by atoms with van der Waals surface area (Å²) in [7, 11) is 0. The van der Waals surface area contributed by atoms with Gasteiger partial charge in [-0.1, -0.05) is 11.6 Å². The summed E-state index contributed by atoms with van der Waals surface area (Å²) in [5.41, 5.74) is 0.986. The molecule has 0 aliphatic carbocycles. The molecule has 0 bridgehead atoms. The molecule has 2 heterocycles. The van der Waals surface area contributed by atoms with E-state index in [1.54, 1.807) is 12.4 Å². The molecule has 0 spiro atoms. The molecule has 66 valence electrons. The van der Waals surface area contributed by atoms with Crippen molar-refractivity contribution in [2.24, 2.45) is 0 Å². The maximum Gasteiger partial charge on any atom is 0.155 e. The number of rotatable bonds is 1. The predicted molar refractivity (Wildman–Crippen MR) is 58.1 cm³/mol. The molecule has 0 fully saturated rings. The van der Waals surface area contributed by atoms with Gasteiger partial charge in [-0.15, -0.1) is 11.3 Å². The van der Waals surface area contributed by atoms with Crippen LogP contribution in [0, 0.1) is 0 Å². The zero-order valence-corrected chi connectivity index (χ0v) is 9.53. The van der Waals surface area contributed by atoms with Crippen LogP contribution in [0.1, 0.15) is 0 Å². The summed E-state index contributed by atoms with van der Waals surface area (Å²) in [6.07, 6.45) is 3.50. The maximum atomic E-state index is 5.81.